The van der Waals surface area contributed by atoms with E-state index in [1.165, 1.54) is 5.69 Å². The van der Waals surface area contributed by atoms with E-state index in [0.717, 1.165) is 49.5 Å². The van der Waals surface area contributed by atoms with Gasteiger partial charge >= 0.3 is 6.09 Å². The predicted molar refractivity (Wildman–Crippen MR) is 160 cm³/mol. The molecule has 0 saturated carbocycles. The molecule has 3 aromatic rings. The second-order valence-electron chi connectivity index (χ2n) is 11.1. The van der Waals surface area contributed by atoms with Crippen LogP contribution in [0.2, 0.25) is 5.15 Å². The molecule has 1 amide bonds. The molecular weight excluding hydrogens is 542 g/mol. The van der Waals surface area contributed by atoms with Crippen molar-refractivity contribution in [2.24, 2.45) is 0 Å². The third-order valence-electron chi connectivity index (χ3n) is 8.51. The number of carboxylic acid groups (broad SMARTS) is 1. The van der Waals surface area contributed by atoms with E-state index in [1.54, 1.807) is 11.0 Å². The van der Waals surface area contributed by atoms with E-state index in [0.29, 0.717) is 55.7 Å². The Kier molecular flexibility index (Phi) is 8.02. The second-order valence-corrected chi connectivity index (χ2v) is 11.5. The smallest absolute Gasteiger partial charge is 0.407 e. The zero-order chi connectivity index (χ0) is 28.3. The Hall–Kier alpha value is -3.76. The molecule has 3 unspecified atom stereocenters. The number of carbonyl (C=O) groups is 1. The van der Waals surface area contributed by atoms with Crippen molar-refractivity contribution >= 4 is 34.9 Å². The van der Waals surface area contributed by atoms with Crippen LogP contribution in [0.1, 0.15) is 18.4 Å². The minimum absolute atomic E-state index is 0.0737. The van der Waals surface area contributed by atoms with Crippen LogP contribution in [-0.2, 0) is 6.42 Å². The van der Waals surface area contributed by atoms with Gasteiger partial charge in [0.25, 0.3) is 0 Å². The fraction of sp³-hybridized carbons (Fsp3) is 0.433. The van der Waals surface area contributed by atoms with Gasteiger partial charge in [-0.3, -0.25) is 4.90 Å². The van der Waals surface area contributed by atoms with Crippen molar-refractivity contribution in [2.75, 3.05) is 61.4 Å². The zero-order valence-corrected chi connectivity index (χ0v) is 23.7. The lowest BCUT2D eigenvalue weighted by Gasteiger charge is -2.43. The molecule has 3 fully saturated rings. The van der Waals surface area contributed by atoms with Gasteiger partial charge < -0.3 is 30.3 Å². The van der Waals surface area contributed by atoms with Crippen molar-refractivity contribution in [3.63, 3.8) is 0 Å². The number of rotatable bonds is 8. The molecule has 2 bridgehead atoms. The van der Waals surface area contributed by atoms with Crippen molar-refractivity contribution in [3.05, 3.63) is 71.4 Å². The molecule has 216 valence electrons. The number of aromatic nitrogens is 2. The molecular formula is C30H36ClN7O3. The first kappa shape index (κ1) is 27.4. The summed E-state index contributed by atoms with van der Waals surface area (Å²) in [5, 5.41) is 17.9. The van der Waals surface area contributed by atoms with Gasteiger partial charge in [0.05, 0.1) is 11.7 Å². The minimum Gasteiger partial charge on any atom is -0.492 e. The number of hydrogen-bond donors (Lipinski definition) is 2. The van der Waals surface area contributed by atoms with Crippen LogP contribution in [0.5, 0.6) is 5.75 Å². The molecule has 1 aromatic heterocycles. The SMILES string of the molecule is Nc1nnc(Cl)cc1N1CC2CCC(C1)N2c1cccc(OCCN2CCN(C(=O)O)C(Cc3ccccc3)C2)c1. The Morgan fingerprint density at radius 2 is 1.78 bits per heavy atom. The quantitative estimate of drug-likeness (QED) is 0.412. The summed E-state index contributed by atoms with van der Waals surface area (Å²) >= 11 is 6.11. The highest BCUT2D eigenvalue weighted by Crippen LogP contribution is 2.38. The fourth-order valence-electron chi connectivity index (χ4n) is 6.60. The summed E-state index contributed by atoms with van der Waals surface area (Å²) in [4.78, 5) is 20.5. The van der Waals surface area contributed by atoms with Gasteiger partial charge in [-0.25, -0.2) is 4.79 Å². The number of nitrogens with zero attached hydrogens (tertiary/aromatic N) is 6. The molecule has 2 aromatic carbocycles. The van der Waals surface area contributed by atoms with Crippen LogP contribution in [0, 0.1) is 0 Å². The minimum atomic E-state index is -0.849. The molecule has 4 heterocycles. The molecule has 3 aliphatic rings. The lowest BCUT2D eigenvalue weighted by Crippen LogP contribution is -2.56. The van der Waals surface area contributed by atoms with Crippen molar-refractivity contribution in [2.45, 2.75) is 37.4 Å². The molecule has 3 N–H and O–H groups in total. The maximum absolute atomic E-state index is 11.9. The van der Waals surface area contributed by atoms with E-state index in [9.17, 15) is 9.90 Å². The summed E-state index contributed by atoms with van der Waals surface area (Å²) in [5.41, 5.74) is 9.30. The zero-order valence-electron chi connectivity index (χ0n) is 23.0. The monoisotopic (exact) mass is 577 g/mol. The highest BCUT2D eigenvalue weighted by Gasteiger charge is 2.40. The number of fused-ring (bicyclic) bond motifs is 2. The second kappa shape index (κ2) is 12.0. The van der Waals surface area contributed by atoms with E-state index >= 15 is 0 Å². The molecule has 0 aliphatic carbocycles. The molecule has 3 saturated heterocycles. The number of anilines is 3. The van der Waals surface area contributed by atoms with Gasteiger partial charge in [-0.05, 0) is 37.0 Å². The van der Waals surface area contributed by atoms with Gasteiger partial charge in [-0.15, -0.1) is 10.2 Å². The molecule has 3 atom stereocenters. The van der Waals surface area contributed by atoms with Crippen LogP contribution >= 0.6 is 11.6 Å². The number of nitrogens with two attached hydrogens (primary N) is 1. The average molecular weight is 578 g/mol. The van der Waals surface area contributed by atoms with Gasteiger partial charge in [0, 0.05) is 69.2 Å². The molecule has 0 radical (unpaired) electrons. The topological polar surface area (TPSA) is 111 Å². The Morgan fingerprint density at radius 3 is 2.54 bits per heavy atom. The lowest BCUT2D eigenvalue weighted by atomic mass is 10.0. The van der Waals surface area contributed by atoms with Gasteiger partial charge in [-0.2, -0.15) is 0 Å². The first-order valence-electron chi connectivity index (χ1n) is 14.3. The lowest BCUT2D eigenvalue weighted by molar-refractivity contribution is 0.0618. The highest BCUT2D eigenvalue weighted by atomic mass is 35.5. The van der Waals surface area contributed by atoms with E-state index in [4.69, 9.17) is 22.1 Å². The van der Waals surface area contributed by atoms with Crippen molar-refractivity contribution < 1.29 is 14.6 Å². The average Bonchev–Trinajstić information content (AvgIpc) is 3.24. The van der Waals surface area contributed by atoms with Gasteiger partial charge in [-0.1, -0.05) is 48.0 Å². The van der Waals surface area contributed by atoms with Crippen molar-refractivity contribution in [3.8, 4) is 5.75 Å². The first-order chi connectivity index (χ1) is 19.9. The van der Waals surface area contributed by atoms with Gasteiger partial charge in [0.2, 0.25) is 0 Å². The van der Waals surface area contributed by atoms with Crippen LogP contribution in [-0.4, -0.2) is 95.2 Å². The summed E-state index contributed by atoms with van der Waals surface area (Å²) in [5.74, 6) is 1.26. The van der Waals surface area contributed by atoms with E-state index in [1.807, 2.05) is 24.3 Å². The fourth-order valence-corrected chi connectivity index (χ4v) is 6.75. The number of halogens is 1. The van der Waals surface area contributed by atoms with Crippen LogP contribution in [0.25, 0.3) is 0 Å². The standard InChI is InChI=1S/C30H36ClN7O3/c31-28-17-27(29(32)34-33-28)36-19-23-9-10-24(20-36)38(23)22-7-4-8-26(16-22)41-14-13-35-11-12-37(30(39)40)25(18-35)15-21-5-2-1-3-6-21/h1-8,16-17,23-25H,9-15,18-20H2,(H2,32,34)(H,39,40). The Labute approximate surface area is 245 Å². The summed E-state index contributed by atoms with van der Waals surface area (Å²) < 4.78 is 6.22. The van der Waals surface area contributed by atoms with E-state index < -0.39 is 6.09 Å². The van der Waals surface area contributed by atoms with Crippen molar-refractivity contribution in [1.29, 1.82) is 0 Å². The Morgan fingerprint density at radius 1 is 1.00 bits per heavy atom. The molecule has 0 spiro atoms. The summed E-state index contributed by atoms with van der Waals surface area (Å²) in [6.45, 7) is 4.89. The largest absolute Gasteiger partial charge is 0.492 e. The molecule has 11 heteroatoms. The summed E-state index contributed by atoms with van der Waals surface area (Å²) in [6.07, 6.45) is 2.09. The number of piperazine rings is 2. The van der Waals surface area contributed by atoms with Crippen LogP contribution in [0.4, 0.5) is 22.0 Å². The molecule has 6 rings (SSSR count). The normalized spacial score (nSPS) is 22.7. The summed E-state index contributed by atoms with van der Waals surface area (Å²) in [6, 6.07) is 20.9. The van der Waals surface area contributed by atoms with Crippen LogP contribution in [0.15, 0.2) is 60.7 Å². The number of benzene rings is 2. The van der Waals surface area contributed by atoms with Gasteiger partial charge in [0.15, 0.2) is 11.0 Å². The van der Waals surface area contributed by atoms with Crippen molar-refractivity contribution in [1.82, 2.24) is 20.0 Å². The molecule has 10 nitrogen and oxygen atoms in total. The maximum Gasteiger partial charge on any atom is 0.407 e. The number of nitrogen functional groups attached to an aromatic ring is 1. The number of ether oxygens (including phenoxy) is 1. The highest BCUT2D eigenvalue weighted by molar-refractivity contribution is 6.29. The Balaban J connectivity index is 1.05. The number of hydrogen-bond acceptors (Lipinski definition) is 8. The van der Waals surface area contributed by atoms with E-state index in [-0.39, 0.29) is 6.04 Å². The molecule has 41 heavy (non-hydrogen) atoms. The van der Waals surface area contributed by atoms with Crippen LogP contribution < -0.4 is 20.3 Å². The van der Waals surface area contributed by atoms with E-state index in [2.05, 4.69) is 55.2 Å². The summed E-state index contributed by atoms with van der Waals surface area (Å²) in [7, 11) is 0. The third-order valence-corrected chi connectivity index (χ3v) is 8.70. The van der Waals surface area contributed by atoms with Crippen LogP contribution in [0.3, 0.4) is 0 Å². The third kappa shape index (κ3) is 6.13. The predicted octanol–water partition coefficient (Wildman–Crippen LogP) is 3.86. The molecule has 3 aliphatic heterocycles. The Bertz CT molecular complexity index is 1350. The van der Waals surface area contributed by atoms with Gasteiger partial charge in [0.1, 0.15) is 12.4 Å². The maximum atomic E-state index is 11.9. The number of amides is 1. The first-order valence-corrected chi connectivity index (χ1v) is 14.6.